The maximum atomic E-state index is 12.8. The molecule has 0 saturated carbocycles. The zero-order valence-corrected chi connectivity index (χ0v) is 16.6. The highest BCUT2D eigenvalue weighted by Gasteiger charge is 2.33. The highest BCUT2D eigenvalue weighted by molar-refractivity contribution is 7.21. The molecule has 1 amide bonds. The lowest BCUT2D eigenvalue weighted by atomic mass is 9.75. The number of hydrogen-bond donors (Lipinski definition) is 2. The molecule has 0 spiro atoms. The van der Waals surface area contributed by atoms with Crippen molar-refractivity contribution >= 4 is 50.3 Å². The number of nitro groups is 1. The molecule has 0 bridgehead atoms. The number of nitro benzene ring substituents is 1. The number of anilines is 2. The number of nitrogens with two attached hydrogens (primary N) is 1. The zero-order chi connectivity index (χ0) is 20.9. The number of hydrogen-bond acceptors (Lipinski definition) is 7. The minimum Gasteiger partial charge on any atom is -0.397 e. The molecule has 8 nitrogen and oxygen atoms in total. The van der Waals surface area contributed by atoms with E-state index >= 15 is 0 Å². The van der Waals surface area contributed by atoms with Gasteiger partial charge in [0.1, 0.15) is 15.4 Å². The minimum absolute atomic E-state index is 0.0159. The summed E-state index contributed by atoms with van der Waals surface area (Å²) in [5.74, 6) is -0.536. The third-order valence-electron chi connectivity index (χ3n) is 4.94. The van der Waals surface area contributed by atoms with Gasteiger partial charge in [0.05, 0.1) is 16.3 Å². The molecule has 3 N–H and O–H groups in total. The number of thiophene rings is 1. The minimum atomic E-state index is -0.563. The van der Waals surface area contributed by atoms with Gasteiger partial charge in [-0.05, 0) is 24.0 Å². The summed E-state index contributed by atoms with van der Waals surface area (Å²) in [6.07, 6.45) is 1.10. The summed E-state index contributed by atoms with van der Waals surface area (Å²) in [5.41, 5.74) is 7.38. The van der Waals surface area contributed by atoms with Crippen molar-refractivity contribution in [2.45, 2.75) is 26.7 Å². The Labute approximate surface area is 169 Å². The molecule has 9 heteroatoms. The van der Waals surface area contributed by atoms with Crippen LogP contribution in [0.3, 0.4) is 0 Å². The van der Waals surface area contributed by atoms with E-state index < -0.39 is 10.8 Å². The number of fused-ring (bicyclic) bond motifs is 2. The van der Waals surface area contributed by atoms with Gasteiger partial charge in [0.2, 0.25) is 0 Å². The number of para-hydroxylation sites is 2. The molecule has 2 heterocycles. The molecule has 0 atom stereocenters. The van der Waals surface area contributed by atoms with Gasteiger partial charge in [-0.3, -0.25) is 19.7 Å². The molecule has 1 aliphatic rings. The van der Waals surface area contributed by atoms with Crippen molar-refractivity contribution < 1.29 is 14.5 Å². The number of Topliss-reactive ketones (excluding diaryl/α,β-unsaturated/α-hetero) is 1. The quantitative estimate of drug-likeness (QED) is 0.492. The van der Waals surface area contributed by atoms with Gasteiger partial charge in [0.15, 0.2) is 5.78 Å². The number of nitrogen functional groups attached to an aromatic ring is 1. The predicted molar refractivity (Wildman–Crippen MR) is 112 cm³/mol. The van der Waals surface area contributed by atoms with Crippen LogP contribution in [0.1, 0.15) is 46.0 Å². The third-order valence-corrected chi connectivity index (χ3v) is 6.05. The first-order valence-electron chi connectivity index (χ1n) is 8.96. The highest BCUT2D eigenvalue weighted by Crippen LogP contribution is 2.39. The molecule has 148 valence electrons. The maximum Gasteiger partial charge on any atom is 0.292 e. The molecular formula is C20H18N4O4S. The van der Waals surface area contributed by atoms with Gasteiger partial charge in [-0.15, -0.1) is 11.3 Å². The Morgan fingerprint density at radius 2 is 2.03 bits per heavy atom. The van der Waals surface area contributed by atoms with Crippen molar-refractivity contribution in [3.8, 4) is 0 Å². The topological polar surface area (TPSA) is 128 Å². The molecule has 1 aliphatic carbocycles. The fraction of sp³-hybridized carbons (Fsp3) is 0.250. The van der Waals surface area contributed by atoms with Crippen molar-refractivity contribution in [2.75, 3.05) is 11.1 Å². The summed E-state index contributed by atoms with van der Waals surface area (Å²) >= 11 is 1.11. The van der Waals surface area contributed by atoms with Crippen LogP contribution in [-0.4, -0.2) is 21.6 Å². The van der Waals surface area contributed by atoms with E-state index in [4.69, 9.17) is 5.73 Å². The van der Waals surface area contributed by atoms with Crippen LogP contribution in [0.25, 0.3) is 10.2 Å². The number of nitrogens with one attached hydrogen (secondary N) is 1. The molecule has 0 fully saturated rings. The smallest absolute Gasteiger partial charge is 0.292 e. The summed E-state index contributed by atoms with van der Waals surface area (Å²) in [6, 6.07) is 7.60. The molecule has 1 aromatic carbocycles. The first-order chi connectivity index (χ1) is 13.7. The number of aromatic nitrogens is 1. The summed E-state index contributed by atoms with van der Waals surface area (Å²) in [5, 5.41) is 14.3. The number of rotatable bonds is 3. The summed E-state index contributed by atoms with van der Waals surface area (Å²) in [4.78, 5) is 41.3. The zero-order valence-electron chi connectivity index (χ0n) is 15.8. The van der Waals surface area contributed by atoms with Crippen molar-refractivity contribution in [2.24, 2.45) is 5.41 Å². The Kier molecular flexibility index (Phi) is 4.34. The van der Waals surface area contributed by atoms with E-state index in [2.05, 4.69) is 10.3 Å². The Morgan fingerprint density at radius 3 is 2.76 bits per heavy atom. The highest BCUT2D eigenvalue weighted by atomic mass is 32.1. The predicted octanol–water partition coefficient (Wildman–Crippen LogP) is 4.19. The first-order valence-corrected chi connectivity index (χ1v) is 9.78. The number of benzene rings is 1. The normalized spacial score (nSPS) is 15.2. The average Bonchev–Trinajstić information content (AvgIpc) is 2.95. The van der Waals surface area contributed by atoms with Crippen LogP contribution in [0.15, 0.2) is 30.3 Å². The van der Waals surface area contributed by atoms with Gasteiger partial charge < -0.3 is 11.1 Å². The van der Waals surface area contributed by atoms with E-state index in [1.54, 1.807) is 12.1 Å². The summed E-state index contributed by atoms with van der Waals surface area (Å²) in [6.45, 7) is 4.04. The lowest BCUT2D eigenvalue weighted by molar-refractivity contribution is -0.383. The van der Waals surface area contributed by atoms with Crippen molar-refractivity contribution in [1.29, 1.82) is 0 Å². The van der Waals surface area contributed by atoms with Crippen molar-refractivity contribution in [3.63, 3.8) is 0 Å². The molecule has 4 rings (SSSR count). The molecule has 0 radical (unpaired) electrons. The Bertz CT molecular complexity index is 1200. The monoisotopic (exact) mass is 410 g/mol. The molecule has 3 aromatic rings. The van der Waals surface area contributed by atoms with Gasteiger partial charge in [0.25, 0.3) is 11.6 Å². The molecular weight excluding hydrogens is 392 g/mol. The third kappa shape index (κ3) is 3.33. The Hall–Kier alpha value is -3.33. The van der Waals surface area contributed by atoms with Crippen LogP contribution < -0.4 is 11.1 Å². The van der Waals surface area contributed by atoms with Gasteiger partial charge in [-0.2, -0.15) is 0 Å². The SMILES string of the molecule is CC1(C)CC(=O)c2cc3c(N)c(C(=O)Nc4ccccc4[N+](=O)[O-])sc3nc2C1. The molecule has 0 unspecified atom stereocenters. The number of nitrogens with zero attached hydrogens (tertiary/aromatic N) is 2. The molecule has 2 aromatic heterocycles. The number of pyridine rings is 1. The fourth-order valence-electron chi connectivity index (χ4n) is 3.59. The Balaban J connectivity index is 1.74. The van der Waals surface area contributed by atoms with Crippen LogP contribution in [-0.2, 0) is 6.42 Å². The lowest BCUT2D eigenvalue weighted by Gasteiger charge is -2.29. The summed E-state index contributed by atoms with van der Waals surface area (Å²) < 4.78 is 0. The van der Waals surface area contributed by atoms with Crippen LogP contribution in [0.5, 0.6) is 0 Å². The number of ketones is 1. The van der Waals surface area contributed by atoms with Crippen molar-refractivity contribution in [1.82, 2.24) is 4.98 Å². The van der Waals surface area contributed by atoms with Gasteiger partial charge in [-0.1, -0.05) is 26.0 Å². The fourth-order valence-corrected chi connectivity index (χ4v) is 4.58. The van der Waals surface area contributed by atoms with Gasteiger partial charge in [0, 0.05) is 23.4 Å². The number of carbonyl (C=O) groups excluding carboxylic acids is 2. The maximum absolute atomic E-state index is 12.8. The van der Waals surface area contributed by atoms with E-state index in [1.165, 1.54) is 18.2 Å². The Morgan fingerprint density at radius 1 is 1.31 bits per heavy atom. The molecule has 0 aliphatic heterocycles. The lowest BCUT2D eigenvalue weighted by Crippen LogP contribution is -2.27. The summed E-state index contributed by atoms with van der Waals surface area (Å²) in [7, 11) is 0. The van der Waals surface area contributed by atoms with Crippen LogP contribution in [0.4, 0.5) is 17.1 Å². The first kappa shape index (κ1) is 19.0. The second-order valence-electron chi connectivity index (χ2n) is 7.85. The largest absolute Gasteiger partial charge is 0.397 e. The number of carbonyl (C=O) groups is 2. The average molecular weight is 410 g/mol. The molecule has 0 saturated heterocycles. The van der Waals surface area contributed by atoms with Crippen LogP contribution in [0, 0.1) is 15.5 Å². The van der Waals surface area contributed by atoms with E-state index in [9.17, 15) is 19.7 Å². The standard InChI is InChI=1S/C20H18N4O4S/c1-20(2)8-13-10(15(25)9-20)7-11-16(21)17(29-19(11)23-13)18(26)22-12-5-3-4-6-14(12)24(27)28/h3-7H,8-9,21H2,1-2H3,(H,22,26). The van der Waals surface area contributed by atoms with Gasteiger partial charge in [-0.25, -0.2) is 4.98 Å². The van der Waals surface area contributed by atoms with E-state index in [-0.39, 0.29) is 33.1 Å². The molecule has 29 heavy (non-hydrogen) atoms. The van der Waals surface area contributed by atoms with E-state index in [0.717, 1.165) is 11.3 Å². The van der Waals surface area contributed by atoms with Crippen LogP contribution in [0.2, 0.25) is 0 Å². The number of amides is 1. The van der Waals surface area contributed by atoms with Gasteiger partial charge >= 0.3 is 0 Å². The van der Waals surface area contributed by atoms with Crippen molar-refractivity contribution in [3.05, 3.63) is 56.6 Å². The van der Waals surface area contributed by atoms with E-state index in [0.29, 0.717) is 34.3 Å². The second-order valence-corrected chi connectivity index (χ2v) is 8.85. The van der Waals surface area contributed by atoms with E-state index in [1.807, 2.05) is 13.8 Å². The second kappa shape index (κ2) is 6.63. The van der Waals surface area contributed by atoms with Crippen LogP contribution >= 0.6 is 11.3 Å².